The van der Waals surface area contributed by atoms with E-state index in [2.05, 4.69) is 17.1 Å². The van der Waals surface area contributed by atoms with Crippen LogP contribution in [0, 0.1) is 0 Å². The Morgan fingerprint density at radius 1 is 1.59 bits per heavy atom. The molecule has 1 heterocycles. The van der Waals surface area contributed by atoms with Crippen molar-refractivity contribution in [3.63, 3.8) is 0 Å². The van der Waals surface area contributed by atoms with Crippen molar-refractivity contribution in [1.82, 2.24) is 15.1 Å². The molecule has 1 aromatic heterocycles. The lowest BCUT2D eigenvalue weighted by atomic mass is 10.2. The number of aromatic nitrogens is 2. The molecule has 0 bridgehead atoms. The van der Waals surface area contributed by atoms with Gasteiger partial charge in [-0.2, -0.15) is 16.9 Å². The minimum Gasteiger partial charge on any atom is -0.395 e. The van der Waals surface area contributed by atoms with Crippen molar-refractivity contribution in [3.8, 4) is 0 Å². The summed E-state index contributed by atoms with van der Waals surface area (Å²) in [7, 11) is 1.77. The van der Waals surface area contributed by atoms with E-state index < -0.39 is 0 Å². The van der Waals surface area contributed by atoms with Crippen LogP contribution in [0.5, 0.6) is 0 Å². The zero-order valence-electron chi connectivity index (χ0n) is 10.6. The van der Waals surface area contributed by atoms with E-state index in [-0.39, 0.29) is 5.91 Å². The fourth-order valence-corrected chi connectivity index (χ4v) is 1.96. The molecule has 0 aliphatic rings. The summed E-state index contributed by atoms with van der Waals surface area (Å²) < 4.78 is 0. The van der Waals surface area contributed by atoms with Gasteiger partial charge in [0.2, 0.25) is 0 Å². The van der Waals surface area contributed by atoms with Gasteiger partial charge in [0.1, 0.15) is 0 Å². The topological polar surface area (TPSA) is 75.0 Å². The average Bonchev–Trinajstić information content (AvgIpc) is 2.68. The van der Waals surface area contributed by atoms with Crippen LogP contribution in [0.25, 0.3) is 0 Å². The molecule has 0 spiro atoms. The van der Waals surface area contributed by atoms with E-state index in [1.54, 1.807) is 23.7 Å². The molecule has 0 aliphatic carbocycles. The molecule has 1 amide bonds. The Morgan fingerprint density at radius 2 is 2.29 bits per heavy atom. The number of carbonyl (C=O) groups is 1. The molecule has 17 heavy (non-hydrogen) atoms. The van der Waals surface area contributed by atoms with Gasteiger partial charge < -0.3 is 10.6 Å². The Bertz CT molecular complexity index is 378. The summed E-state index contributed by atoms with van der Waals surface area (Å²) >= 11 is 1.71. The molecular formula is C11H20N4OS. The lowest BCUT2D eigenvalue weighted by molar-refractivity contribution is 0.0799. The molecule has 6 heteroatoms. The second kappa shape index (κ2) is 6.54. The van der Waals surface area contributed by atoms with Crippen molar-refractivity contribution in [2.75, 3.05) is 31.3 Å². The maximum Gasteiger partial charge on any atom is 0.276 e. The van der Waals surface area contributed by atoms with Crippen LogP contribution in [0.2, 0.25) is 0 Å². The predicted octanol–water partition coefficient (Wildman–Crippen LogP) is 1.38. The number of aryl methyl sites for hydroxylation is 1. The smallest absolute Gasteiger partial charge is 0.276 e. The minimum atomic E-state index is -0.116. The van der Waals surface area contributed by atoms with E-state index in [4.69, 9.17) is 5.73 Å². The third-order valence-corrected chi connectivity index (χ3v) is 3.15. The largest absolute Gasteiger partial charge is 0.395 e. The standard InChI is InChI=1S/C11H20N4OS/c1-4-5-8-9(12)10(14-13-8)11(16)15(2)6-7-17-3/h4-7,12H2,1-3H3,(H,13,14). The van der Waals surface area contributed by atoms with Crippen LogP contribution in [0.4, 0.5) is 5.69 Å². The van der Waals surface area contributed by atoms with Crippen LogP contribution < -0.4 is 5.73 Å². The Morgan fingerprint density at radius 3 is 2.88 bits per heavy atom. The summed E-state index contributed by atoms with van der Waals surface area (Å²) in [6.07, 6.45) is 3.81. The number of nitrogen functional groups attached to an aromatic ring is 1. The number of nitrogens with two attached hydrogens (primary N) is 1. The zero-order valence-corrected chi connectivity index (χ0v) is 11.4. The first-order chi connectivity index (χ1) is 8.11. The second-order valence-corrected chi connectivity index (χ2v) is 4.92. The van der Waals surface area contributed by atoms with Crippen molar-refractivity contribution in [2.24, 2.45) is 0 Å². The number of H-pyrrole nitrogens is 1. The van der Waals surface area contributed by atoms with Crippen molar-refractivity contribution in [1.29, 1.82) is 0 Å². The van der Waals surface area contributed by atoms with Crippen molar-refractivity contribution in [3.05, 3.63) is 11.4 Å². The first-order valence-electron chi connectivity index (χ1n) is 5.68. The van der Waals surface area contributed by atoms with Gasteiger partial charge >= 0.3 is 0 Å². The highest BCUT2D eigenvalue weighted by Gasteiger charge is 2.19. The van der Waals surface area contributed by atoms with Crippen LogP contribution in [0.15, 0.2) is 0 Å². The Balaban J connectivity index is 2.75. The highest BCUT2D eigenvalue weighted by atomic mass is 32.2. The molecule has 0 atom stereocenters. The van der Waals surface area contributed by atoms with E-state index in [0.717, 1.165) is 24.3 Å². The lowest BCUT2D eigenvalue weighted by Crippen LogP contribution is -2.29. The highest BCUT2D eigenvalue weighted by Crippen LogP contribution is 2.17. The summed E-state index contributed by atoms with van der Waals surface area (Å²) in [6, 6.07) is 0. The molecular weight excluding hydrogens is 236 g/mol. The number of thioether (sulfide) groups is 1. The lowest BCUT2D eigenvalue weighted by Gasteiger charge is -2.15. The van der Waals surface area contributed by atoms with Crippen molar-refractivity contribution >= 4 is 23.4 Å². The molecule has 5 nitrogen and oxygen atoms in total. The first kappa shape index (κ1) is 13.9. The molecule has 0 aromatic carbocycles. The van der Waals surface area contributed by atoms with Crippen LogP contribution in [-0.2, 0) is 6.42 Å². The van der Waals surface area contributed by atoms with Gasteiger partial charge in [0.05, 0.1) is 11.4 Å². The quantitative estimate of drug-likeness (QED) is 0.806. The number of aromatic amines is 1. The average molecular weight is 256 g/mol. The van der Waals surface area contributed by atoms with E-state index in [1.165, 1.54) is 0 Å². The number of nitrogens with zero attached hydrogens (tertiary/aromatic N) is 2. The fourth-order valence-electron chi connectivity index (χ4n) is 1.50. The number of hydrogen-bond acceptors (Lipinski definition) is 4. The van der Waals surface area contributed by atoms with Gasteiger partial charge in [-0.05, 0) is 12.7 Å². The summed E-state index contributed by atoms with van der Waals surface area (Å²) in [5, 5.41) is 6.85. The van der Waals surface area contributed by atoms with Gasteiger partial charge in [-0.3, -0.25) is 9.89 Å². The van der Waals surface area contributed by atoms with Gasteiger partial charge in [-0.1, -0.05) is 13.3 Å². The Labute approximate surface area is 106 Å². The molecule has 96 valence electrons. The maximum absolute atomic E-state index is 12.0. The summed E-state index contributed by atoms with van der Waals surface area (Å²) in [4.78, 5) is 13.7. The third-order valence-electron chi connectivity index (χ3n) is 2.56. The molecule has 0 saturated heterocycles. The second-order valence-electron chi connectivity index (χ2n) is 3.93. The van der Waals surface area contributed by atoms with Gasteiger partial charge in [-0.25, -0.2) is 0 Å². The molecule has 1 rings (SSSR count). The molecule has 3 N–H and O–H groups in total. The van der Waals surface area contributed by atoms with Gasteiger partial charge in [0.15, 0.2) is 5.69 Å². The molecule has 0 radical (unpaired) electrons. The normalized spacial score (nSPS) is 10.5. The van der Waals surface area contributed by atoms with E-state index in [0.29, 0.717) is 17.9 Å². The number of carbonyl (C=O) groups excluding carboxylic acids is 1. The Kier molecular flexibility index (Phi) is 5.34. The molecule has 0 aliphatic heterocycles. The van der Waals surface area contributed by atoms with E-state index >= 15 is 0 Å². The molecule has 1 aromatic rings. The number of rotatable bonds is 6. The number of amides is 1. The molecule has 0 fully saturated rings. The van der Waals surface area contributed by atoms with Gasteiger partial charge in [-0.15, -0.1) is 0 Å². The van der Waals surface area contributed by atoms with Crippen molar-refractivity contribution < 1.29 is 4.79 Å². The van der Waals surface area contributed by atoms with Gasteiger partial charge in [0.25, 0.3) is 5.91 Å². The fraction of sp³-hybridized carbons (Fsp3) is 0.636. The predicted molar refractivity (Wildman–Crippen MR) is 72.3 cm³/mol. The highest BCUT2D eigenvalue weighted by molar-refractivity contribution is 7.98. The zero-order chi connectivity index (χ0) is 12.8. The van der Waals surface area contributed by atoms with Crippen LogP contribution >= 0.6 is 11.8 Å². The van der Waals surface area contributed by atoms with Crippen LogP contribution in [0.1, 0.15) is 29.5 Å². The maximum atomic E-state index is 12.0. The SMILES string of the molecule is CCCc1[nH]nc(C(=O)N(C)CCSC)c1N. The molecule has 0 unspecified atom stereocenters. The number of hydrogen-bond donors (Lipinski definition) is 2. The van der Waals surface area contributed by atoms with Crippen molar-refractivity contribution in [2.45, 2.75) is 19.8 Å². The monoisotopic (exact) mass is 256 g/mol. The third kappa shape index (κ3) is 3.39. The van der Waals surface area contributed by atoms with Gasteiger partial charge in [0, 0.05) is 19.3 Å². The Hall–Kier alpha value is -1.17. The number of anilines is 1. The van der Waals surface area contributed by atoms with Crippen LogP contribution in [0.3, 0.4) is 0 Å². The van der Waals surface area contributed by atoms with Crippen LogP contribution in [-0.4, -0.2) is 46.6 Å². The summed E-state index contributed by atoms with van der Waals surface area (Å²) in [5.41, 5.74) is 7.60. The summed E-state index contributed by atoms with van der Waals surface area (Å²) in [6.45, 7) is 2.77. The number of nitrogens with one attached hydrogen (secondary N) is 1. The molecule has 0 saturated carbocycles. The summed E-state index contributed by atoms with van der Waals surface area (Å²) in [5.74, 6) is 0.795. The van der Waals surface area contributed by atoms with E-state index in [1.807, 2.05) is 6.26 Å². The minimum absolute atomic E-state index is 0.116. The van der Waals surface area contributed by atoms with E-state index in [9.17, 15) is 4.79 Å². The first-order valence-corrected chi connectivity index (χ1v) is 7.08.